The maximum absolute atomic E-state index is 11.7. The van der Waals surface area contributed by atoms with E-state index in [-0.39, 0.29) is 12.6 Å². The van der Waals surface area contributed by atoms with Gasteiger partial charge in [0.25, 0.3) is 0 Å². The molecule has 0 spiro atoms. The van der Waals surface area contributed by atoms with E-state index in [0.717, 1.165) is 11.1 Å². The van der Waals surface area contributed by atoms with Crippen molar-refractivity contribution in [1.29, 1.82) is 0 Å². The number of nitrogens with zero attached hydrogens (tertiary/aromatic N) is 1. The van der Waals surface area contributed by atoms with Gasteiger partial charge in [-0.05, 0) is 25.0 Å². The summed E-state index contributed by atoms with van der Waals surface area (Å²) in [6.07, 6.45) is 0. The molecule has 2 amide bonds. The van der Waals surface area contributed by atoms with Crippen LogP contribution in [0.2, 0.25) is 0 Å². The molecule has 1 aromatic carbocycles. The van der Waals surface area contributed by atoms with Crippen molar-refractivity contribution < 1.29 is 9.90 Å². The molecule has 0 atom stereocenters. The zero-order valence-corrected chi connectivity index (χ0v) is 10.4. The van der Waals surface area contributed by atoms with Crippen LogP contribution in [0.4, 0.5) is 4.79 Å². The van der Waals surface area contributed by atoms with Gasteiger partial charge in [-0.15, -0.1) is 0 Å². The lowest BCUT2D eigenvalue weighted by molar-refractivity contribution is 0.203. The molecule has 0 bridgehead atoms. The van der Waals surface area contributed by atoms with Crippen molar-refractivity contribution in [3.05, 3.63) is 35.4 Å². The second-order valence-electron chi connectivity index (χ2n) is 3.81. The zero-order valence-electron chi connectivity index (χ0n) is 10.4. The number of aliphatic hydroxyl groups is 1. The molecular formula is C13H20N2O2. The van der Waals surface area contributed by atoms with E-state index in [9.17, 15) is 4.79 Å². The first-order valence-corrected chi connectivity index (χ1v) is 5.92. The lowest BCUT2D eigenvalue weighted by Crippen LogP contribution is -2.39. The third kappa shape index (κ3) is 4.07. The van der Waals surface area contributed by atoms with E-state index in [2.05, 4.69) is 5.32 Å². The molecule has 0 radical (unpaired) electrons. The molecule has 17 heavy (non-hydrogen) atoms. The Morgan fingerprint density at radius 2 is 1.71 bits per heavy atom. The van der Waals surface area contributed by atoms with E-state index >= 15 is 0 Å². The lowest BCUT2D eigenvalue weighted by Gasteiger charge is -2.19. The highest BCUT2D eigenvalue weighted by molar-refractivity contribution is 5.74. The number of nitrogens with one attached hydrogen (secondary N) is 1. The van der Waals surface area contributed by atoms with Crippen molar-refractivity contribution in [2.45, 2.75) is 27.0 Å². The molecule has 0 saturated carbocycles. The van der Waals surface area contributed by atoms with Crippen LogP contribution in [0, 0.1) is 0 Å². The number of aliphatic hydroxyl groups excluding tert-OH is 1. The molecule has 1 aromatic rings. The van der Waals surface area contributed by atoms with Crippen LogP contribution in [0.5, 0.6) is 0 Å². The van der Waals surface area contributed by atoms with Crippen LogP contribution < -0.4 is 5.32 Å². The van der Waals surface area contributed by atoms with Gasteiger partial charge in [0.1, 0.15) is 0 Å². The van der Waals surface area contributed by atoms with Crippen LogP contribution in [0.15, 0.2) is 24.3 Å². The van der Waals surface area contributed by atoms with E-state index in [4.69, 9.17) is 5.11 Å². The topological polar surface area (TPSA) is 52.6 Å². The summed E-state index contributed by atoms with van der Waals surface area (Å²) in [4.78, 5) is 13.4. The number of amides is 2. The van der Waals surface area contributed by atoms with E-state index in [1.165, 1.54) is 0 Å². The third-order valence-corrected chi connectivity index (χ3v) is 2.70. The molecule has 0 aliphatic carbocycles. The number of urea groups is 1. The average Bonchev–Trinajstić information content (AvgIpc) is 2.38. The molecule has 0 saturated heterocycles. The van der Waals surface area contributed by atoms with Gasteiger partial charge in [0.2, 0.25) is 0 Å². The highest BCUT2D eigenvalue weighted by Gasteiger charge is 2.07. The predicted octanol–water partition coefficient (Wildman–Crippen LogP) is 1.73. The minimum atomic E-state index is -0.0405. The normalized spacial score (nSPS) is 10.1. The first-order valence-electron chi connectivity index (χ1n) is 5.92. The summed E-state index contributed by atoms with van der Waals surface area (Å²) in [5, 5.41) is 11.8. The number of benzene rings is 1. The van der Waals surface area contributed by atoms with Crippen LogP contribution in [0.1, 0.15) is 25.0 Å². The maximum atomic E-state index is 11.7. The Balaban J connectivity index is 2.46. The van der Waals surface area contributed by atoms with Gasteiger partial charge in [-0.25, -0.2) is 4.79 Å². The Morgan fingerprint density at radius 3 is 2.18 bits per heavy atom. The molecule has 0 fully saturated rings. The molecule has 94 valence electrons. The molecule has 0 aromatic heterocycles. The molecule has 4 nitrogen and oxygen atoms in total. The Bertz CT molecular complexity index is 345. The summed E-state index contributed by atoms with van der Waals surface area (Å²) in [7, 11) is 0. The fourth-order valence-electron chi connectivity index (χ4n) is 1.56. The fourth-order valence-corrected chi connectivity index (χ4v) is 1.56. The van der Waals surface area contributed by atoms with Gasteiger partial charge in [-0.1, -0.05) is 24.3 Å². The van der Waals surface area contributed by atoms with Crippen LogP contribution >= 0.6 is 0 Å². The highest BCUT2D eigenvalue weighted by Crippen LogP contribution is 2.04. The Morgan fingerprint density at radius 1 is 1.18 bits per heavy atom. The molecule has 0 unspecified atom stereocenters. The molecule has 4 heteroatoms. The van der Waals surface area contributed by atoms with Gasteiger partial charge < -0.3 is 15.3 Å². The highest BCUT2D eigenvalue weighted by atomic mass is 16.3. The van der Waals surface area contributed by atoms with E-state index in [1.54, 1.807) is 4.90 Å². The first kappa shape index (κ1) is 13.5. The summed E-state index contributed by atoms with van der Waals surface area (Å²) >= 11 is 0. The second-order valence-corrected chi connectivity index (χ2v) is 3.81. The summed E-state index contributed by atoms with van der Waals surface area (Å²) in [5.41, 5.74) is 1.91. The van der Waals surface area contributed by atoms with Gasteiger partial charge in [-0.2, -0.15) is 0 Å². The van der Waals surface area contributed by atoms with E-state index in [1.807, 2.05) is 38.1 Å². The van der Waals surface area contributed by atoms with Crippen molar-refractivity contribution in [1.82, 2.24) is 10.2 Å². The lowest BCUT2D eigenvalue weighted by atomic mass is 10.1. The molecule has 1 rings (SSSR count). The molecule has 0 aliphatic heterocycles. The van der Waals surface area contributed by atoms with Crippen molar-refractivity contribution in [3.8, 4) is 0 Å². The smallest absolute Gasteiger partial charge is 0.317 e. The molecule has 2 N–H and O–H groups in total. The number of hydrogen-bond acceptors (Lipinski definition) is 2. The van der Waals surface area contributed by atoms with Gasteiger partial charge >= 0.3 is 6.03 Å². The van der Waals surface area contributed by atoms with Crippen molar-refractivity contribution in [2.75, 3.05) is 13.1 Å². The monoisotopic (exact) mass is 236 g/mol. The number of carbonyl (C=O) groups excluding carboxylic acids is 1. The standard InChI is InChI=1S/C13H20N2O2/c1-3-15(4-2)13(17)14-9-11-5-7-12(10-16)8-6-11/h5-8,16H,3-4,9-10H2,1-2H3,(H,14,17). The number of rotatable bonds is 5. The maximum Gasteiger partial charge on any atom is 0.317 e. The van der Waals surface area contributed by atoms with Gasteiger partial charge in [0, 0.05) is 19.6 Å². The SMILES string of the molecule is CCN(CC)C(=O)NCc1ccc(CO)cc1. The Hall–Kier alpha value is -1.55. The van der Waals surface area contributed by atoms with Gasteiger partial charge in [0.15, 0.2) is 0 Å². The van der Waals surface area contributed by atoms with Crippen LogP contribution in [-0.4, -0.2) is 29.1 Å². The predicted molar refractivity (Wildman–Crippen MR) is 67.5 cm³/mol. The fraction of sp³-hybridized carbons (Fsp3) is 0.462. The van der Waals surface area contributed by atoms with Crippen molar-refractivity contribution >= 4 is 6.03 Å². The second kappa shape index (κ2) is 6.91. The summed E-state index contributed by atoms with van der Waals surface area (Å²) in [5.74, 6) is 0. The zero-order chi connectivity index (χ0) is 12.7. The minimum absolute atomic E-state index is 0.0405. The first-order chi connectivity index (χ1) is 8.21. The molecule has 0 heterocycles. The van der Waals surface area contributed by atoms with Crippen molar-refractivity contribution in [3.63, 3.8) is 0 Å². The van der Waals surface area contributed by atoms with Gasteiger partial charge in [-0.3, -0.25) is 0 Å². The van der Waals surface area contributed by atoms with Crippen LogP contribution in [-0.2, 0) is 13.2 Å². The summed E-state index contributed by atoms with van der Waals surface area (Å²) in [6, 6.07) is 7.50. The van der Waals surface area contributed by atoms with Crippen LogP contribution in [0.25, 0.3) is 0 Å². The Labute approximate surface area is 102 Å². The average molecular weight is 236 g/mol. The van der Waals surface area contributed by atoms with Gasteiger partial charge in [0.05, 0.1) is 6.61 Å². The van der Waals surface area contributed by atoms with E-state index in [0.29, 0.717) is 19.6 Å². The third-order valence-electron chi connectivity index (χ3n) is 2.70. The quantitative estimate of drug-likeness (QED) is 0.818. The summed E-state index contributed by atoms with van der Waals surface area (Å²) < 4.78 is 0. The van der Waals surface area contributed by atoms with Crippen molar-refractivity contribution in [2.24, 2.45) is 0 Å². The van der Waals surface area contributed by atoms with E-state index < -0.39 is 0 Å². The molecular weight excluding hydrogens is 216 g/mol. The molecule has 0 aliphatic rings. The Kier molecular flexibility index (Phi) is 5.49. The summed E-state index contributed by atoms with van der Waals surface area (Å²) in [6.45, 7) is 5.91. The van der Waals surface area contributed by atoms with Crippen LogP contribution in [0.3, 0.4) is 0 Å². The largest absolute Gasteiger partial charge is 0.392 e. The number of carbonyl (C=O) groups is 1. The minimum Gasteiger partial charge on any atom is -0.392 e. The number of hydrogen-bond donors (Lipinski definition) is 2.